The Morgan fingerprint density at radius 2 is 1.61 bits per heavy atom. The average Bonchev–Trinajstić information content (AvgIpc) is 3.39. The molecule has 0 fully saturated rings. The zero-order valence-corrected chi connectivity index (χ0v) is 22.8. The fourth-order valence-electron chi connectivity index (χ4n) is 4.07. The van der Waals surface area contributed by atoms with Gasteiger partial charge in [-0.2, -0.15) is 0 Å². The van der Waals surface area contributed by atoms with Crippen LogP contribution >= 0.6 is 11.3 Å². The van der Waals surface area contributed by atoms with Crippen molar-refractivity contribution < 1.29 is 13.2 Å². The molecular formula is C29H26N4O3S2. The number of hydrogen-bond donors (Lipinski definition) is 0. The zero-order chi connectivity index (χ0) is 26.9. The molecule has 7 nitrogen and oxygen atoms in total. The third-order valence-corrected chi connectivity index (χ3v) is 9.32. The van der Waals surface area contributed by atoms with Crippen LogP contribution in [0.3, 0.4) is 0 Å². The highest BCUT2D eigenvalue weighted by Crippen LogP contribution is 2.33. The lowest BCUT2D eigenvalue weighted by atomic mass is 10.1. The van der Waals surface area contributed by atoms with Crippen molar-refractivity contribution in [1.82, 2.24) is 9.97 Å². The molecule has 0 aliphatic rings. The van der Waals surface area contributed by atoms with Crippen LogP contribution in [0.4, 0.5) is 10.8 Å². The second kappa shape index (κ2) is 10.4. The minimum Gasteiger partial charge on any atom is -0.278 e. The molecule has 0 bridgehead atoms. The van der Waals surface area contributed by atoms with E-state index in [1.165, 1.54) is 34.8 Å². The Balaban J connectivity index is 1.49. The number of anilines is 2. The third-order valence-electron chi connectivity index (χ3n) is 6.48. The molecule has 192 valence electrons. The van der Waals surface area contributed by atoms with Gasteiger partial charge in [-0.1, -0.05) is 41.7 Å². The van der Waals surface area contributed by atoms with E-state index in [9.17, 15) is 13.2 Å². The normalized spacial score (nSPS) is 11.4. The number of amides is 1. The Labute approximate surface area is 226 Å². The van der Waals surface area contributed by atoms with E-state index in [0.717, 1.165) is 27.0 Å². The first-order chi connectivity index (χ1) is 18.3. The average molecular weight is 543 g/mol. The summed E-state index contributed by atoms with van der Waals surface area (Å²) >= 11 is 1.44. The summed E-state index contributed by atoms with van der Waals surface area (Å²) in [4.78, 5) is 24.7. The van der Waals surface area contributed by atoms with E-state index < -0.39 is 10.0 Å². The summed E-state index contributed by atoms with van der Waals surface area (Å²) in [7, 11) is -2.28. The minimum atomic E-state index is -3.79. The molecule has 5 rings (SSSR count). The maximum Gasteiger partial charge on any atom is 0.264 e. The van der Waals surface area contributed by atoms with Gasteiger partial charge in [-0.15, -0.1) is 0 Å². The van der Waals surface area contributed by atoms with Gasteiger partial charge >= 0.3 is 0 Å². The highest BCUT2D eigenvalue weighted by atomic mass is 32.2. The molecule has 0 saturated carbocycles. The van der Waals surface area contributed by atoms with Crippen LogP contribution in [0.1, 0.15) is 27.2 Å². The van der Waals surface area contributed by atoms with Crippen LogP contribution in [0.5, 0.6) is 0 Å². The molecule has 2 aromatic heterocycles. The first-order valence-corrected chi connectivity index (χ1v) is 14.2. The molecule has 1 amide bonds. The lowest BCUT2D eigenvalue weighted by molar-refractivity contribution is 0.0984. The lowest BCUT2D eigenvalue weighted by Gasteiger charge is -2.21. The van der Waals surface area contributed by atoms with Gasteiger partial charge < -0.3 is 0 Å². The lowest BCUT2D eigenvalue weighted by Crippen LogP contribution is -2.31. The van der Waals surface area contributed by atoms with E-state index in [1.807, 2.05) is 44.2 Å². The maximum atomic E-state index is 13.8. The molecule has 0 unspecified atom stereocenters. The van der Waals surface area contributed by atoms with E-state index in [0.29, 0.717) is 16.4 Å². The SMILES string of the molecule is Cc1ccc2sc(N(Cc3ccccn3)C(=O)c3ccc(S(=O)(=O)N(C)c4ccccc4)cc3)nc2c1C. The van der Waals surface area contributed by atoms with E-state index in [1.54, 1.807) is 47.5 Å². The van der Waals surface area contributed by atoms with Crippen molar-refractivity contribution in [2.75, 3.05) is 16.3 Å². The molecular weight excluding hydrogens is 516 g/mol. The van der Waals surface area contributed by atoms with Gasteiger partial charge in [0.2, 0.25) is 0 Å². The molecule has 0 radical (unpaired) electrons. The van der Waals surface area contributed by atoms with Crippen molar-refractivity contribution in [2.24, 2.45) is 0 Å². The Bertz CT molecular complexity index is 1700. The van der Waals surface area contributed by atoms with Gasteiger partial charge in [-0.05, 0) is 79.6 Å². The highest BCUT2D eigenvalue weighted by molar-refractivity contribution is 7.92. The molecule has 5 aromatic rings. The standard InChI is InChI=1S/C29H26N4O3S2/c1-20-12-17-26-27(21(20)2)31-29(37-26)33(19-23-9-7-8-18-30-23)28(34)22-13-15-25(16-14-22)38(35,36)32(3)24-10-5-4-6-11-24/h4-18H,19H2,1-3H3. The first kappa shape index (κ1) is 25.6. The number of aryl methyl sites for hydroxylation is 2. The van der Waals surface area contributed by atoms with Crippen LogP contribution in [0.15, 0.2) is 96.0 Å². The van der Waals surface area contributed by atoms with Crippen LogP contribution < -0.4 is 9.21 Å². The molecule has 0 spiro atoms. The molecule has 0 atom stereocenters. The second-order valence-electron chi connectivity index (χ2n) is 8.90. The summed E-state index contributed by atoms with van der Waals surface area (Å²) in [5.41, 5.74) is 4.71. The van der Waals surface area contributed by atoms with E-state index in [4.69, 9.17) is 4.98 Å². The summed E-state index contributed by atoms with van der Waals surface area (Å²) in [6.07, 6.45) is 1.69. The van der Waals surface area contributed by atoms with Gasteiger partial charge in [0.1, 0.15) is 0 Å². The first-order valence-electron chi connectivity index (χ1n) is 12.0. The van der Waals surface area contributed by atoms with Gasteiger partial charge in [0.25, 0.3) is 15.9 Å². The number of rotatable bonds is 7. The Morgan fingerprint density at radius 1 is 0.895 bits per heavy atom. The molecule has 0 aliphatic heterocycles. The van der Waals surface area contributed by atoms with Crippen molar-refractivity contribution in [3.8, 4) is 0 Å². The Hall–Kier alpha value is -4.08. The number of hydrogen-bond acceptors (Lipinski definition) is 6. The number of carbonyl (C=O) groups is 1. The number of carbonyl (C=O) groups excluding carboxylic acids is 1. The van der Waals surface area contributed by atoms with Crippen LogP contribution in [-0.4, -0.2) is 31.3 Å². The number of fused-ring (bicyclic) bond motifs is 1. The number of thiazole rings is 1. The van der Waals surface area contributed by atoms with Gasteiger partial charge in [0, 0.05) is 18.8 Å². The van der Waals surface area contributed by atoms with Gasteiger partial charge in [-0.25, -0.2) is 13.4 Å². The third kappa shape index (κ3) is 4.90. The van der Waals surface area contributed by atoms with Crippen molar-refractivity contribution in [1.29, 1.82) is 0 Å². The van der Waals surface area contributed by atoms with Crippen LogP contribution in [0.25, 0.3) is 10.2 Å². The molecule has 0 N–H and O–H groups in total. The van der Waals surface area contributed by atoms with Gasteiger partial charge in [0.15, 0.2) is 5.13 Å². The summed E-state index contributed by atoms with van der Waals surface area (Å²) in [6.45, 7) is 4.29. The fraction of sp³-hybridized carbons (Fsp3) is 0.138. The Morgan fingerprint density at radius 3 is 2.29 bits per heavy atom. The van der Waals surface area contributed by atoms with E-state index >= 15 is 0 Å². The number of aromatic nitrogens is 2. The monoisotopic (exact) mass is 542 g/mol. The number of sulfonamides is 1. The molecule has 3 aromatic carbocycles. The van der Waals surface area contributed by atoms with E-state index in [-0.39, 0.29) is 17.3 Å². The molecule has 9 heteroatoms. The topological polar surface area (TPSA) is 83.5 Å². The van der Waals surface area contributed by atoms with Crippen LogP contribution in [-0.2, 0) is 16.6 Å². The van der Waals surface area contributed by atoms with Gasteiger partial charge in [-0.3, -0.25) is 19.0 Å². The minimum absolute atomic E-state index is 0.0998. The van der Waals surface area contributed by atoms with Crippen LogP contribution in [0.2, 0.25) is 0 Å². The molecule has 0 aliphatic carbocycles. The molecule has 38 heavy (non-hydrogen) atoms. The maximum absolute atomic E-state index is 13.8. The molecule has 0 saturated heterocycles. The summed E-state index contributed by atoms with van der Waals surface area (Å²) < 4.78 is 28.6. The summed E-state index contributed by atoms with van der Waals surface area (Å²) in [5.74, 6) is -0.288. The number of benzene rings is 3. The van der Waals surface area contributed by atoms with Crippen molar-refractivity contribution in [3.05, 3.63) is 114 Å². The van der Waals surface area contributed by atoms with Gasteiger partial charge in [0.05, 0.1) is 33.0 Å². The van der Waals surface area contributed by atoms with E-state index in [2.05, 4.69) is 11.1 Å². The van der Waals surface area contributed by atoms with Crippen molar-refractivity contribution in [3.63, 3.8) is 0 Å². The number of para-hydroxylation sites is 1. The summed E-state index contributed by atoms with van der Waals surface area (Å²) in [5, 5.41) is 0.560. The summed E-state index contributed by atoms with van der Waals surface area (Å²) in [6, 6.07) is 24.5. The fourth-order valence-corrected chi connectivity index (χ4v) is 6.29. The second-order valence-corrected chi connectivity index (χ2v) is 11.9. The van der Waals surface area contributed by atoms with Crippen molar-refractivity contribution >= 4 is 48.3 Å². The largest absolute Gasteiger partial charge is 0.278 e. The predicted molar refractivity (Wildman–Crippen MR) is 152 cm³/mol. The number of pyridine rings is 1. The quantitative estimate of drug-likeness (QED) is 0.253. The Kier molecular flexibility index (Phi) is 6.96. The number of nitrogens with zero attached hydrogens (tertiary/aromatic N) is 4. The zero-order valence-electron chi connectivity index (χ0n) is 21.2. The predicted octanol–water partition coefficient (Wildman–Crippen LogP) is 5.98. The van der Waals surface area contributed by atoms with Crippen molar-refractivity contribution in [2.45, 2.75) is 25.3 Å². The molecule has 2 heterocycles. The highest BCUT2D eigenvalue weighted by Gasteiger charge is 2.25. The smallest absolute Gasteiger partial charge is 0.264 e. The van der Waals surface area contributed by atoms with Crippen LogP contribution in [0, 0.1) is 13.8 Å².